The average molecular weight is 377 g/mol. The molecular formula is C23H21ClN2O. The number of fused-ring (bicyclic) bond motifs is 1. The van der Waals surface area contributed by atoms with Crippen LogP contribution in [-0.4, -0.2) is 32.0 Å². The predicted octanol–water partition coefficient (Wildman–Crippen LogP) is 5.07. The van der Waals surface area contributed by atoms with Crippen LogP contribution in [0.3, 0.4) is 0 Å². The van der Waals surface area contributed by atoms with Gasteiger partial charge in [0.2, 0.25) is 0 Å². The van der Waals surface area contributed by atoms with E-state index in [2.05, 4.69) is 30.1 Å². The first-order valence-corrected chi connectivity index (χ1v) is 9.41. The number of para-hydroxylation sites is 1. The molecule has 1 aliphatic heterocycles. The fraction of sp³-hybridized carbons (Fsp3) is 0.174. The second-order valence-electron chi connectivity index (χ2n) is 6.65. The number of likely N-dealkylation sites (N-methyl/N-ethyl adjacent to an activating group) is 1. The van der Waals surface area contributed by atoms with Gasteiger partial charge in [0, 0.05) is 28.9 Å². The number of hydrogen-bond donors (Lipinski definition) is 0. The molecule has 0 aliphatic carbocycles. The molecule has 4 rings (SSSR count). The molecule has 27 heavy (non-hydrogen) atoms. The zero-order chi connectivity index (χ0) is 18.6. The quantitative estimate of drug-likeness (QED) is 0.637. The SMILES string of the molecule is CN1CC(Oc2ccccc2)CN=C(c2ccccc2)c2cc(Cl)ccc21. The number of halogens is 1. The highest BCUT2D eigenvalue weighted by molar-refractivity contribution is 6.31. The Hall–Kier alpha value is -2.78. The Morgan fingerprint density at radius 1 is 0.963 bits per heavy atom. The van der Waals surface area contributed by atoms with Gasteiger partial charge in [0.25, 0.3) is 0 Å². The molecule has 0 amide bonds. The van der Waals surface area contributed by atoms with Gasteiger partial charge in [-0.2, -0.15) is 0 Å². The Morgan fingerprint density at radius 3 is 2.41 bits per heavy atom. The molecule has 0 N–H and O–H groups in total. The highest BCUT2D eigenvalue weighted by Gasteiger charge is 2.22. The Balaban J connectivity index is 1.75. The average Bonchev–Trinajstić information content (AvgIpc) is 2.68. The lowest BCUT2D eigenvalue weighted by atomic mass is 9.99. The summed E-state index contributed by atoms with van der Waals surface area (Å²) in [4.78, 5) is 7.17. The summed E-state index contributed by atoms with van der Waals surface area (Å²) in [6.07, 6.45) is -0.0417. The van der Waals surface area contributed by atoms with E-state index in [9.17, 15) is 0 Å². The maximum absolute atomic E-state index is 6.31. The molecule has 1 aliphatic rings. The third-order valence-electron chi connectivity index (χ3n) is 4.65. The van der Waals surface area contributed by atoms with Gasteiger partial charge in [-0.25, -0.2) is 0 Å². The molecule has 3 nitrogen and oxygen atoms in total. The molecule has 0 radical (unpaired) electrons. The molecule has 0 saturated heterocycles. The smallest absolute Gasteiger partial charge is 0.135 e. The van der Waals surface area contributed by atoms with Gasteiger partial charge in [0.1, 0.15) is 11.9 Å². The van der Waals surface area contributed by atoms with E-state index >= 15 is 0 Å². The van der Waals surface area contributed by atoms with Crippen molar-refractivity contribution in [3.8, 4) is 5.75 Å². The van der Waals surface area contributed by atoms with E-state index in [1.165, 1.54) is 0 Å². The zero-order valence-corrected chi connectivity index (χ0v) is 15.9. The van der Waals surface area contributed by atoms with Gasteiger partial charge < -0.3 is 9.64 Å². The van der Waals surface area contributed by atoms with Crippen LogP contribution in [0.2, 0.25) is 5.02 Å². The van der Waals surface area contributed by atoms with Crippen molar-refractivity contribution in [2.75, 3.05) is 25.0 Å². The molecule has 1 heterocycles. The minimum atomic E-state index is -0.0417. The molecule has 0 fully saturated rings. The number of rotatable bonds is 3. The van der Waals surface area contributed by atoms with Gasteiger partial charge >= 0.3 is 0 Å². The van der Waals surface area contributed by atoms with Crippen LogP contribution in [0.15, 0.2) is 83.9 Å². The van der Waals surface area contributed by atoms with E-state index in [0.717, 1.165) is 34.8 Å². The Labute approximate surface area is 164 Å². The maximum atomic E-state index is 6.31. The van der Waals surface area contributed by atoms with Crippen molar-refractivity contribution < 1.29 is 4.74 Å². The topological polar surface area (TPSA) is 24.8 Å². The Bertz CT molecular complexity index is 941. The number of ether oxygens (including phenoxy) is 1. The summed E-state index contributed by atoms with van der Waals surface area (Å²) in [7, 11) is 2.09. The monoisotopic (exact) mass is 376 g/mol. The first-order valence-electron chi connectivity index (χ1n) is 9.03. The summed E-state index contributed by atoms with van der Waals surface area (Å²) in [5, 5.41) is 0.712. The molecule has 0 spiro atoms. The first kappa shape index (κ1) is 17.6. The van der Waals surface area contributed by atoms with E-state index in [4.69, 9.17) is 21.3 Å². The van der Waals surface area contributed by atoms with Crippen LogP contribution in [0, 0.1) is 0 Å². The summed E-state index contributed by atoms with van der Waals surface area (Å²) in [6.45, 7) is 1.32. The van der Waals surface area contributed by atoms with Crippen LogP contribution in [0.1, 0.15) is 11.1 Å². The zero-order valence-electron chi connectivity index (χ0n) is 15.2. The number of nitrogens with zero attached hydrogens (tertiary/aromatic N) is 2. The summed E-state index contributed by atoms with van der Waals surface area (Å²) in [5.74, 6) is 0.865. The third-order valence-corrected chi connectivity index (χ3v) is 4.88. The van der Waals surface area contributed by atoms with Gasteiger partial charge in [-0.3, -0.25) is 4.99 Å². The van der Waals surface area contributed by atoms with Crippen molar-refractivity contribution in [3.05, 3.63) is 95.0 Å². The van der Waals surface area contributed by atoms with Crippen LogP contribution < -0.4 is 9.64 Å². The van der Waals surface area contributed by atoms with E-state index in [-0.39, 0.29) is 6.10 Å². The molecular weight excluding hydrogens is 356 g/mol. The standard InChI is InChI=1S/C23H21ClN2O/c1-26-16-20(27-19-10-6-3-7-11-19)15-25-23(17-8-4-2-5-9-17)21-14-18(24)12-13-22(21)26/h2-14,20H,15-16H2,1H3. The van der Waals surface area contributed by atoms with E-state index in [0.29, 0.717) is 11.6 Å². The largest absolute Gasteiger partial charge is 0.487 e. The maximum Gasteiger partial charge on any atom is 0.135 e. The van der Waals surface area contributed by atoms with Gasteiger partial charge in [0.05, 0.1) is 18.8 Å². The van der Waals surface area contributed by atoms with Crippen molar-refractivity contribution in [2.24, 2.45) is 4.99 Å². The second kappa shape index (κ2) is 7.85. The second-order valence-corrected chi connectivity index (χ2v) is 7.09. The molecule has 3 aromatic rings. The molecule has 3 aromatic carbocycles. The molecule has 136 valence electrons. The highest BCUT2D eigenvalue weighted by atomic mass is 35.5. The number of aliphatic imine (C=N–C) groups is 1. The minimum Gasteiger partial charge on any atom is -0.487 e. The van der Waals surface area contributed by atoms with Crippen molar-refractivity contribution >= 4 is 23.0 Å². The number of anilines is 1. The molecule has 1 unspecified atom stereocenters. The van der Waals surface area contributed by atoms with Crippen LogP contribution in [-0.2, 0) is 0 Å². The van der Waals surface area contributed by atoms with E-state index < -0.39 is 0 Å². The van der Waals surface area contributed by atoms with E-state index in [1.54, 1.807) is 0 Å². The lowest BCUT2D eigenvalue weighted by Crippen LogP contribution is -2.37. The summed E-state index contributed by atoms with van der Waals surface area (Å²) in [6, 6.07) is 26.1. The van der Waals surface area contributed by atoms with Gasteiger partial charge in [-0.15, -0.1) is 0 Å². The molecule has 0 saturated carbocycles. The highest BCUT2D eigenvalue weighted by Crippen LogP contribution is 2.29. The molecule has 1 atom stereocenters. The van der Waals surface area contributed by atoms with Crippen LogP contribution in [0.5, 0.6) is 5.75 Å². The van der Waals surface area contributed by atoms with E-state index in [1.807, 2.05) is 60.7 Å². The number of hydrogen-bond acceptors (Lipinski definition) is 3. The van der Waals surface area contributed by atoms with Crippen molar-refractivity contribution in [1.82, 2.24) is 0 Å². The van der Waals surface area contributed by atoms with Crippen molar-refractivity contribution in [3.63, 3.8) is 0 Å². The van der Waals surface area contributed by atoms with Crippen molar-refractivity contribution in [2.45, 2.75) is 6.10 Å². The Kier molecular flexibility index (Phi) is 5.12. The van der Waals surface area contributed by atoms with Gasteiger partial charge in [-0.05, 0) is 30.3 Å². The van der Waals surface area contributed by atoms with Crippen LogP contribution in [0.4, 0.5) is 5.69 Å². The first-order chi connectivity index (χ1) is 13.2. The third kappa shape index (κ3) is 3.99. The van der Waals surface area contributed by atoms with Gasteiger partial charge in [-0.1, -0.05) is 60.1 Å². The fourth-order valence-electron chi connectivity index (χ4n) is 3.38. The predicted molar refractivity (Wildman–Crippen MR) is 113 cm³/mol. The molecule has 0 aromatic heterocycles. The van der Waals surface area contributed by atoms with Crippen molar-refractivity contribution in [1.29, 1.82) is 0 Å². The normalized spacial score (nSPS) is 16.7. The van der Waals surface area contributed by atoms with Crippen LogP contribution in [0.25, 0.3) is 0 Å². The Morgan fingerprint density at radius 2 is 1.67 bits per heavy atom. The minimum absolute atomic E-state index is 0.0417. The fourth-order valence-corrected chi connectivity index (χ4v) is 3.55. The summed E-state index contributed by atoms with van der Waals surface area (Å²) in [5.41, 5.74) is 4.17. The summed E-state index contributed by atoms with van der Waals surface area (Å²) < 4.78 is 6.21. The number of benzene rings is 3. The van der Waals surface area contributed by atoms with Gasteiger partial charge in [0.15, 0.2) is 0 Å². The lowest BCUT2D eigenvalue weighted by molar-refractivity contribution is 0.216. The van der Waals surface area contributed by atoms with Crippen LogP contribution >= 0.6 is 11.6 Å². The molecule has 0 bridgehead atoms. The summed E-state index contributed by atoms with van der Waals surface area (Å²) >= 11 is 6.31. The molecule has 4 heteroatoms. The lowest BCUT2D eigenvalue weighted by Gasteiger charge is -2.30.